The Labute approximate surface area is 295 Å². The minimum atomic E-state index is -4.41. The van der Waals surface area contributed by atoms with Crippen LogP contribution in [-0.4, -0.2) is 53.3 Å². The first-order chi connectivity index (χ1) is 23.9. The molecule has 0 fully saturated rings. The number of aromatic nitrogens is 2. The van der Waals surface area contributed by atoms with E-state index in [9.17, 15) is 32.7 Å². The molecule has 264 valence electrons. The number of aliphatic hydroxyl groups is 1. The third-order valence-corrected chi connectivity index (χ3v) is 9.41. The Hall–Kier alpha value is -5.05. The van der Waals surface area contributed by atoms with E-state index in [1.54, 1.807) is 54.6 Å². The van der Waals surface area contributed by atoms with E-state index in [2.05, 4.69) is 22.1 Å². The van der Waals surface area contributed by atoms with Crippen LogP contribution in [0.4, 0.5) is 0 Å². The Kier molecular flexibility index (Phi) is 13.3. The van der Waals surface area contributed by atoms with Crippen molar-refractivity contribution in [2.45, 2.75) is 57.6 Å². The van der Waals surface area contributed by atoms with Gasteiger partial charge in [0.05, 0.1) is 23.7 Å². The summed E-state index contributed by atoms with van der Waals surface area (Å²) >= 11 is 6.28. The lowest BCUT2D eigenvalue weighted by atomic mass is 9.98. The van der Waals surface area contributed by atoms with E-state index < -0.39 is 46.2 Å². The van der Waals surface area contributed by atoms with Gasteiger partial charge in [0.25, 0.3) is 21.8 Å². The van der Waals surface area contributed by atoms with Crippen LogP contribution in [-0.2, 0) is 60.0 Å². The van der Waals surface area contributed by atoms with E-state index in [0.717, 1.165) is 31.2 Å². The highest BCUT2D eigenvalue weighted by molar-refractivity contribution is 7.90. The molecular weight excluding hydrogens is 686 g/mol. The van der Waals surface area contributed by atoms with Gasteiger partial charge in [0.2, 0.25) is 5.91 Å². The minimum Gasteiger partial charge on any atom is -0.390 e. The number of carbonyl (C=O) groups is 4. The molecule has 4 aromatic rings. The highest BCUT2D eigenvalue weighted by atomic mass is 35.5. The molecular formula is C35H38ClN5O8S. The quantitative estimate of drug-likeness (QED) is 0.105. The molecule has 1 unspecified atom stereocenters. The summed E-state index contributed by atoms with van der Waals surface area (Å²) in [5.41, 5.74) is 4.82. The number of nitrogens with one attached hydrogen (secondary N) is 3. The van der Waals surface area contributed by atoms with Crippen LogP contribution in [0.5, 0.6) is 0 Å². The number of sulfonamides is 1. The summed E-state index contributed by atoms with van der Waals surface area (Å²) in [7, 11) is -4.41. The van der Waals surface area contributed by atoms with Crippen molar-refractivity contribution in [2.24, 2.45) is 5.92 Å². The summed E-state index contributed by atoms with van der Waals surface area (Å²) in [6, 6.07) is 21.9. The number of hydrogen-bond donors (Lipinski definition) is 4. The summed E-state index contributed by atoms with van der Waals surface area (Å²) in [5.74, 6) is -4.27. The smallest absolute Gasteiger partial charge is 0.329 e. The number of benzene rings is 3. The van der Waals surface area contributed by atoms with Gasteiger partial charge in [-0.15, -0.1) is 0 Å². The minimum absolute atomic E-state index is 0.0788. The molecule has 0 aliphatic rings. The predicted molar refractivity (Wildman–Crippen MR) is 185 cm³/mol. The summed E-state index contributed by atoms with van der Waals surface area (Å²) in [6.07, 6.45) is 2.51. The van der Waals surface area contributed by atoms with Crippen LogP contribution in [0, 0.1) is 5.92 Å². The number of imidazole rings is 1. The van der Waals surface area contributed by atoms with Gasteiger partial charge >= 0.3 is 5.97 Å². The number of unbranched alkanes of at least 4 members (excludes halogenated alkanes) is 1. The van der Waals surface area contributed by atoms with E-state index in [0.29, 0.717) is 35.3 Å². The second-order valence-electron chi connectivity index (χ2n) is 11.4. The molecule has 1 aromatic heterocycles. The third kappa shape index (κ3) is 10.00. The highest BCUT2D eigenvalue weighted by Crippen LogP contribution is 2.28. The largest absolute Gasteiger partial charge is 0.390 e. The number of carbonyl (C=O) groups excluding carboxylic acids is 4. The summed E-state index contributed by atoms with van der Waals surface area (Å²) < 4.78 is 30.7. The zero-order valence-corrected chi connectivity index (χ0v) is 29.1. The summed E-state index contributed by atoms with van der Waals surface area (Å²) in [4.78, 5) is 58.4. The molecule has 0 saturated carbocycles. The van der Waals surface area contributed by atoms with E-state index in [1.165, 1.54) is 12.1 Å². The van der Waals surface area contributed by atoms with Crippen molar-refractivity contribution in [3.05, 3.63) is 107 Å². The van der Waals surface area contributed by atoms with Crippen LogP contribution >= 0.6 is 11.6 Å². The van der Waals surface area contributed by atoms with Crippen molar-refractivity contribution in [3.8, 4) is 11.1 Å². The molecule has 0 aliphatic heterocycles. The van der Waals surface area contributed by atoms with Crippen LogP contribution < -0.4 is 15.5 Å². The maximum atomic E-state index is 13.4. The third-order valence-electron chi connectivity index (χ3n) is 7.67. The molecule has 4 N–H and O–H groups in total. The first kappa shape index (κ1) is 37.8. The zero-order chi connectivity index (χ0) is 36.3. The van der Waals surface area contributed by atoms with Gasteiger partial charge < -0.3 is 19.8 Å². The van der Waals surface area contributed by atoms with Crippen LogP contribution in [0.1, 0.15) is 49.3 Å². The van der Waals surface area contributed by atoms with E-state index in [4.69, 9.17) is 11.6 Å². The number of amides is 3. The lowest BCUT2D eigenvalue weighted by Crippen LogP contribution is -2.46. The number of nitrogens with zero attached hydrogens (tertiary/aromatic N) is 2. The monoisotopic (exact) mass is 723 g/mol. The van der Waals surface area contributed by atoms with Gasteiger partial charge in [-0.25, -0.2) is 18.1 Å². The molecule has 0 aliphatic carbocycles. The van der Waals surface area contributed by atoms with Crippen LogP contribution in [0.25, 0.3) is 11.1 Å². The Morgan fingerprint density at radius 1 is 0.940 bits per heavy atom. The van der Waals surface area contributed by atoms with Crippen molar-refractivity contribution < 1.29 is 37.5 Å². The van der Waals surface area contributed by atoms with Crippen molar-refractivity contribution >= 4 is 45.3 Å². The molecule has 50 heavy (non-hydrogen) atoms. The molecule has 0 spiro atoms. The van der Waals surface area contributed by atoms with E-state index in [1.807, 2.05) is 26.9 Å². The standard InChI is InChI=1S/C35H38ClN5O8S/c1-3-4-14-31-38-33(36)29(22-42)41(31)21-25-15-17-26(18-16-25)27-12-8-9-13-30(27)50(47,48)40-32(44)20-37-34(45)28(35(46)39-49-23(2)43)19-24-10-6-5-7-11-24/h5-13,15-18,28,42H,3-4,14,19-22H2,1-2H3,(H,37,45)(H,39,46)(H,40,44). The molecule has 0 saturated heterocycles. The van der Waals surface area contributed by atoms with Crippen molar-refractivity contribution in [2.75, 3.05) is 6.54 Å². The number of halogens is 1. The van der Waals surface area contributed by atoms with Gasteiger partial charge in [-0.2, -0.15) is 5.48 Å². The summed E-state index contributed by atoms with van der Waals surface area (Å²) in [6.45, 7) is 2.52. The fourth-order valence-corrected chi connectivity index (χ4v) is 6.63. The van der Waals surface area contributed by atoms with Crippen LogP contribution in [0.3, 0.4) is 0 Å². The molecule has 15 heteroatoms. The molecule has 1 heterocycles. The average Bonchev–Trinajstić information content (AvgIpc) is 3.40. The fourth-order valence-electron chi connectivity index (χ4n) is 5.16. The predicted octanol–water partition coefficient (Wildman–Crippen LogP) is 3.46. The first-order valence-electron chi connectivity index (χ1n) is 15.8. The Bertz CT molecular complexity index is 1930. The highest BCUT2D eigenvalue weighted by Gasteiger charge is 2.29. The second kappa shape index (κ2) is 17.6. The Morgan fingerprint density at radius 2 is 1.62 bits per heavy atom. The fraction of sp³-hybridized carbons (Fsp3) is 0.286. The Morgan fingerprint density at radius 3 is 2.28 bits per heavy atom. The molecule has 3 aromatic carbocycles. The first-order valence-corrected chi connectivity index (χ1v) is 17.7. The van der Waals surface area contributed by atoms with E-state index >= 15 is 0 Å². The number of aliphatic hydroxyl groups excluding tert-OH is 1. The van der Waals surface area contributed by atoms with Crippen LogP contribution in [0.15, 0.2) is 83.8 Å². The molecule has 13 nitrogen and oxygen atoms in total. The zero-order valence-electron chi connectivity index (χ0n) is 27.5. The van der Waals surface area contributed by atoms with Gasteiger partial charge in [-0.3, -0.25) is 19.2 Å². The van der Waals surface area contributed by atoms with Gasteiger partial charge in [-0.05, 0) is 35.6 Å². The maximum absolute atomic E-state index is 13.4. The molecule has 0 bridgehead atoms. The average molecular weight is 724 g/mol. The lowest BCUT2D eigenvalue weighted by molar-refractivity contribution is -0.159. The van der Waals surface area contributed by atoms with Gasteiger partial charge in [0, 0.05) is 25.5 Å². The van der Waals surface area contributed by atoms with Gasteiger partial charge in [-0.1, -0.05) is 97.7 Å². The normalized spacial score (nSPS) is 11.8. The molecule has 0 radical (unpaired) electrons. The van der Waals surface area contributed by atoms with Crippen molar-refractivity contribution in [3.63, 3.8) is 0 Å². The van der Waals surface area contributed by atoms with Gasteiger partial charge in [0.15, 0.2) is 5.15 Å². The molecule has 3 amide bonds. The maximum Gasteiger partial charge on any atom is 0.329 e. The van der Waals surface area contributed by atoms with Gasteiger partial charge in [0.1, 0.15) is 11.7 Å². The number of hydroxylamine groups is 1. The summed E-state index contributed by atoms with van der Waals surface area (Å²) in [5, 5.41) is 12.4. The van der Waals surface area contributed by atoms with Crippen LogP contribution in [0.2, 0.25) is 5.15 Å². The lowest BCUT2D eigenvalue weighted by Gasteiger charge is -2.17. The van der Waals surface area contributed by atoms with Crippen molar-refractivity contribution in [1.29, 1.82) is 0 Å². The SMILES string of the molecule is CCCCc1nc(Cl)c(CO)n1Cc1ccc(-c2ccccc2S(=O)(=O)NC(=O)CNC(=O)C(Cc2ccccc2)C(=O)NOC(C)=O)cc1. The van der Waals surface area contributed by atoms with E-state index in [-0.39, 0.29) is 23.1 Å². The van der Waals surface area contributed by atoms with Crippen molar-refractivity contribution in [1.82, 2.24) is 25.1 Å². The topological polar surface area (TPSA) is 186 Å². The number of rotatable bonds is 15. The second-order valence-corrected chi connectivity index (χ2v) is 13.4. The molecule has 1 atom stereocenters. The molecule has 4 rings (SSSR count). The number of hydrogen-bond acceptors (Lipinski definition) is 9. The Balaban J connectivity index is 1.46. The number of aryl methyl sites for hydroxylation is 1.